The lowest BCUT2D eigenvalue weighted by Gasteiger charge is -2.37. The second-order valence-electron chi connectivity index (χ2n) is 5.31. The van der Waals surface area contributed by atoms with Crippen molar-refractivity contribution >= 4 is 11.6 Å². The molecule has 0 aromatic carbocycles. The lowest BCUT2D eigenvalue weighted by molar-refractivity contribution is 0.209. The molecule has 1 N–H and O–H groups in total. The molecule has 1 aromatic heterocycles. The van der Waals surface area contributed by atoms with E-state index in [1.165, 1.54) is 0 Å². The highest BCUT2D eigenvalue weighted by Crippen LogP contribution is 2.18. The maximum Gasteiger partial charge on any atom is 0.134 e. The molecule has 1 aliphatic rings. The van der Waals surface area contributed by atoms with Crippen molar-refractivity contribution in [1.29, 1.82) is 0 Å². The Kier molecular flexibility index (Phi) is 4.58. The van der Waals surface area contributed by atoms with Crippen LogP contribution < -0.4 is 10.2 Å². The van der Waals surface area contributed by atoms with Gasteiger partial charge in [0.2, 0.25) is 0 Å². The molecule has 106 valence electrons. The van der Waals surface area contributed by atoms with E-state index in [0.29, 0.717) is 6.04 Å². The predicted octanol–water partition coefficient (Wildman–Crippen LogP) is 1.75. The van der Waals surface area contributed by atoms with Crippen LogP contribution in [0.5, 0.6) is 0 Å². The molecule has 19 heavy (non-hydrogen) atoms. The van der Waals surface area contributed by atoms with Crippen LogP contribution in [-0.2, 0) is 0 Å². The van der Waals surface area contributed by atoms with Gasteiger partial charge in [-0.3, -0.25) is 4.90 Å². The molecule has 0 spiro atoms. The van der Waals surface area contributed by atoms with Crippen LogP contribution in [0.4, 0.5) is 11.6 Å². The van der Waals surface area contributed by atoms with Crippen LogP contribution in [0, 0.1) is 6.92 Å². The summed E-state index contributed by atoms with van der Waals surface area (Å²) in [7, 11) is 0. The third kappa shape index (κ3) is 3.56. The van der Waals surface area contributed by atoms with Gasteiger partial charge >= 0.3 is 0 Å². The minimum Gasteiger partial charge on any atom is -0.370 e. The number of hydrogen-bond acceptors (Lipinski definition) is 5. The topological polar surface area (TPSA) is 44.3 Å². The molecule has 0 amide bonds. The van der Waals surface area contributed by atoms with Crippen LogP contribution in [0.2, 0.25) is 0 Å². The van der Waals surface area contributed by atoms with E-state index in [4.69, 9.17) is 0 Å². The quantitative estimate of drug-likeness (QED) is 0.896. The molecule has 2 rings (SSSR count). The van der Waals surface area contributed by atoms with Crippen molar-refractivity contribution in [3.8, 4) is 0 Å². The largest absolute Gasteiger partial charge is 0.370 e. The summed E-state index contributed by atoms with van der Waals surface area (Å²) in [6, 6.07) is 2.69. The predicted molar refractivity (Wildman–Crippen MR) is 79.9 cm³/mol. The number of aromatic nitrogens is 2. The van der Waals surface area contributed by atoms with Gasteiger partial charge in [0.25, 0.3) is 0 Å². The number of aryl methyl sites for hydroxylation is 1. The fourth-order valence-corrected chi connectivity index (χ4v) is 2.45. The first kappa shape index (κ1) is 14.1. The normalized spacial score (nSPS) is 17.0. The first-order valence-electron chi connectivity index (χ1n) is 7.18. The molecule has 1 aromatic rings. The average molecular weight is 263 g/mol. The van der Waals surface area contributed by atoms with Crippen molar-refractivity contribution in [1.82, 2.24) is 14.9 Å². The van der Waals surface area contributed by atoms with Gasteiger partial charge in [-0.25, -0.2) is 9.97 Å². The monoisotopic (exact) mass is 263 g/mol. The van der Waals surface area contributed by atoms with E-state index in [0.717, 1.165) is 50.2 Å². The molecule has 1 fully saturated rings. The molecule has 0 atom stereocenters. The number of hydrogen-bond donors (Lipinski definition) is 1. The summed E-state index contributed by atoms with van der Waals surface area (Å²) in [5.74, 6) is 2.81. The molecule has 0 radical (unpaired) electrons. The summed E-state index contributed by atoms with van der Waals surface area (Å²) in [6.45, 7) is 13.7. The Labute approximate surface area is 116 Å². The zero-order valence-corrected chi connectivity index (χ0v) is 12.5. The van der Waals surface area contributed by atoms with Crippen LogP contribution in [0.25, 0.3) is 0 Å². The van der Waals surface area contributed by atoms with E-state index >= 15 is 0 Å². The Balaban J connectivity index is 2.06. The van der Waals surface area contributed by atoms with Crippen molar-refractivity contribution in [2.75, 3.05) is 42.9 Å². The van der Waals surface area contributed by atoms with Gasteiger partial charge in [-0.15, -0.1) is 0 Å². The SMILES string of the molecule is CCNc1cc(N2CCN(C(C)C)CC2)nc(C)n1. The maximum absolute atomic E-state index is 4.57. The second kappa shape index (κ2) is 6.19. The van der Waals surface area contributed by atoms with Crippen molar-refractivity contribution in [3.05, 3.63) is 11.9 Å². The lowest BCUT2D eigenvalue weighted by Crippen LogP contribution is -2.49. The van der Waals surface area contributed by atoms with Crippen LogP contribution in [0.15, 0.2) is 6.07 Å². The summed E-state index contributed by atoms with van der Waals surface area (Å²) in [4.78, 5) is 13.8. The highest BCUT2D eigenvalue weighted by molar-refractivity contribution is 5.49. The molecule has 1 aliphatic heterocycles. The standard InChI is InChI=1S/C14H25N5/c1-5-15-13-10-14(17-12(4)16-13)19-8-6-18(7-9-19)11(2)3/h10-11H,5-9H2,1-4H3,(H,15,16,17). The Hall–Kier alpha value is -1.36. The first-order chi connectivity index (χ1) is 9.10. The van der Waals surface area contributed by atoms with E-state index in [-0.39, 0.29) is 0 Å². The van der Waals surface area contributed by atoms with E-state index in [1.807, 2.05) is 6.92 Å². The molecule has 2 heterocycles. The van der Waals surface area contributed by atoms with Gasteiger partial charge in [0.1, 0.15) is 17.5 Å². The summed E-state index contributed by atoms with van der Waals surface area (Å²) in [5.41, 5.74) is 0. The Bertz CT molecular complexity index is 410. The minimum atomic E-state index is 0.631. The maximum atomic E-state index is 4.57. The number of nitrogens with one attached hydrogen (secondary N) is 1. The highest BCUT2D eigenvalue weighted by Gasteiger charge is 2.20. The van der Waals surface area contributed by atoms with E-state index in [9.17, 15) is 0 Å². The van der Waals surface area contributed by atoms with Crippen molar-refractivity contribution in [3.63, 3.8) is 0 Å². The lowest BCUT2D eigenvalue weighted by atomic mass is 10.2. The fraction of sp³-hybridized carbons (Fsp3) is 0.714. The Morgan fingerprint density at radius 2 is 1.89 bits per heavy atom. The number of piperazine rings is 1. The third-order valence-corrected chi connectivity index (χ3v) is 3.55. The van der Waals surface area contributed by atoms with Gasteiger partial charge in [-0.1, -0.05) is 0 Å². The fourth-order valence-electron chi connectivity index (χ4n) is 2.45. The van der Waals surface area contributed by atoms with Crippen LogP contribution in [0.1, 0.15) is 26.6 Å². The van der Waals surface area contributed by atoms with Crippen LogP contribution in [-0.4, -0.2) is 53.6 Å². The average Bonchev–Trinajstić information content (AvgIpc) is 2.38. The Morgan fingerprint density at radius 3 is 2.47 bits per heavy atom. The third-order valence-electron chi connectivity index (χ3n) is 3.55. The van der Waals surface area contributed by atoms with Gasteiger partial charge in [-0.05, 0) is 27.7 Å². The van der Waals surface area contributed by atoms with Gasteiger partial charge in [0.15, 0.2) is 0 Å². The molecule has 0 unspecified atom stereocenters. The van der Waals surface area contributed by atoms with Gasteiger partial charge in [0.05, 0.1) is 0 Å². The van der Waals surface area contributed by atoms with Crippen LogP contribution in [0.3, 0.4) is 0 Å². The molecule has 0 saturated carbocycles. The molecule has 5 heteroatoms. The molecular formula is C14H25N5. The summed E-state index contributed by atoms with van der Waals surface area (Å²) >= 11 is 0. The summed E-state index contributed by atoms with van der Waals surface area (Å²) in [6.07, 6.45) is 0. The first-order valence-corrected chi connectivity index (χ1v) is 7.18. The van der Waals surface area contributed by atoms with Gasteiger partial charge in [-0.2, -0.15) is 0 Å². The molecule has 0 bridgehead atoms. The molecule has 0 aliphatic carbocycles. The zero-order valence-electron chi connectivity index (χ0n) is 12.5. The van der Waals surface area contributed by atoms with Crippen molar-refractivity contribution in [2.45, 2.75) is 33.7 Å². The second-order valence-corrected chi connectivity index (χ2v) is 5.31. The minimum absolute atomic E-state index is 0.631. The summed E-state index contributed by atoms with van der Waals surface area (Å²) < 4.78 is 0. The molecular weight excluding hydrogens is 238 g/mol. The van der Waals surface area contributed by atoms with Crippen LogP contribution >= 0.6 is 0 Å². The number of nitrogens with zero attached hydrogens (tertiary/aromatic N) is 4. The van der Waals surface area contributed by atoms with Crippen molar-refractivity contribution < 1.29 is 0 Å². The Morgan fingerprint density at radius 1 is 1.21 bits per heavy atom. The van der Waals surface area contributed by atoms with E-state index in [2.05, 4.69) is 51.9 Å². The van der Waals surface area contributed by atoms with Gasteiger partial charge < -0.3 is 10.2 Å². The number of rotatable bonds is 4. The van der Waals surface area contributed by atoms with E-state index in [1.54, 1.807) is 0 Å². The molecule has 5 nitrogen and oxygen atoms in total. The number of anilines is 2. The summed E-state index contributed by atoms with van der Waals surface area (Å²) in [5, 5.41) is 3.27. The smallest absolute Gasteiger partial charge is 0.134 e. The molecule has 1 saturated heterocycles. The van der Waals surface area contributed by atoms with E-state index < -0.39 is 0 Å². The van der Waals surface area contributed by atoms with Crippen molar-refractivity contribution in [2.24, 2.45) is 0 Å². The zero-order chi connectivity index (χ0) is 13.8. The highest BCUT2D eigenvalue weighted by atomic mass is 15.3. The van der Waals surface area contributed by atoms with Gasteiger partial charge in [0, 0.05) is 44.8 Å².